The molecule has 208 valence electrons. The molecule has 3 atom stereocenters. The van der Waals surface area contributed by atoms with Gasteiger partial charge in [-0.05, 0) is 43.9 Å². The molecule has 1 N–H and O–H groups in total. The molecule has 3 aromatic carbocycles. The fourth-order valence-corrected chi connectivity index (χ4v) is 5.16. The molecule has 1 amide bonds. The third-order valence-electron chi connectivity index (χ3n) is 7.07. The number of carbonyl (C=O) groups excluding carboxylic acids is 1. The number of benzene rings is 3. The van der Waals surface area contributed by atoms with E-state index in [2.05, 4.69) is 0 Å². The Hall–Kier alpha value is -3.29. The van der Waals surface area contributed by atoms with Gasteiger partial charge < -0.3 is 9.84 Å². The highest BCUT2D eigenvalue weighted by molar-refractivity contribution is 5.69. The Morgan fingerprint density at radius 1 is 0.949 bits per heavy atom. The molecule has 1 fully saturated rings. The summed E-state index contributed by atoms with van der Waals surface area (Å²) >= 11 is 0. The summed E-state index contributed by atoms with van der Waals surface area (Å²) < 4.78 is 36.4. The van der Waals surface area contributed by atoms with Gasteiger partial charge in [0.1, 0.15) is 11.6 Å². The van der Waals surface area contributed by atoms with Gasteiger partial charge in [0.15, 0.2) is 0 Å². The zero-order valence-electron chi connectivity index (χ0n) is 22.8. The van der Waals surface area contributed by atoms with Crippen LogP contribution in [0.4, 0.5) is 13.6 Å². The Balaban J connectivity index is 1.73. The molecule has 0 bridgehead atoms. The summed E-state index contributed by atoms with van der Waals surface area (Å²) in [4.78, 5) is 16.2. The lowest BCUT2D eigenvalue weighted by Gasteiger charge is -2.39. The Bertz CT molecular complexity index is 1140. The van der Waals surface area contributed by atoms with Crippen molar-refractivity contribution in [2.75, 3.05) is 6.54 Å². The van der Waals surface area contributed by atoms with Crippen molar-refractivity contribution in [1.82, 2.24) is 9.80 Å². The summed E-state index contributed by atoms with van der Waals surface area (Å²) in [5.41, 5.74) is 1.83. The SMILES string of the molecule is CC(C)(C)OC(=O)N1CCC(F)(F)[C@@H]1CC(C(O)c1ccccc1)N(Cc1ccccc1)Cc1ccccc1. The smallest absolute Gasteiger partial charge is 0.410 e. The van der Waals surface area contributed by atoms with Crippen LogP contribution in [0.5, 0.6) is 0 Å². The Morgan fingerprint density at radius 3 is 1.92 bits per heavy atom. The van der Waals surface area contributed by atoms with Gasteiger partial charge in [-0.1, -0.05) is 91.0 Å². The largest absolute Gasteiger partial charge is 0.444 e. The fourth-order valence-electron chi connectivity index (χ4n) is 5.16. The lowest BCUT2D eigenvalue weighted by atomic mass is 9.92. The molecule has 4 rings (SSSR count). The normalized spacial score (nSPS) is 18.6. The van der Waals surface area contributed by atoms with Gasteiger partial charge in [0.2, 0.25) is 0 Å². The van der Waals surface area contributed by atoms with Crippen LogP contribution in [0.3, 0.4) is 0 Å². The molecule has 0 radical (unpaired) electrons. The number of aliphatic hydroxyl groups is 1. The predicted octanol–water partition coefficient (Wildman–Crippen LogP) is 6.83. The minimum absolute atomic E-state index is 0.0991. The number of carbonyl (C=O) groups is 1. The molecule has 0 aliphatic carbocycles. The molecule has 5 nitrogen and oxygen atoms in total. The van der Waals surface area contributed by atoms with Crippen LogP contribution in [0.2, 0.25) is 0 Å². The highest BCUT2D eigenvalue weighted by Crippen LogP contribution is 2.40. The van der Waals surface area contributed by atoms with Gasteiger partial charge in [-0.3, -0.25) is 9.80 Å². The summed E-state index contributed by atoms with van der Waals surface area (Å²) in [6.07, 6.45) is -2.38. The summed E-state index contributed by atoms with van der Waals surface area (Å²) in [6.45, 7) is 5.94. The summed E-state index contributed by atoms with van der Waals surface area (Å²) in [5.74, 6) is -3.11. The lowest BCUT2D eigenvalue weighted by Crippen LogP contribution is -2.50. The number of hydrogen-bond donors (Lipinski definition) is 1. The highest BCUT2D eigenvalue weighted by atomic mass is 19.3. The first-order chi connectivity index (χ1) is 18.5. The maximum atomic E-state index is 15.4. The second-order valence-corrected chi connectivity index (χ2v) is 11.2. The van der Waals surface area contributed by atoms with E-state index in [-0.39, 0.29) is 13.0 Å². The van der Waals surface area contributed by atoms with E-state index in [1.165, 1.54) is 0 Å². The molecular weight excluding hydrogens is 498 g/mol. The molecule has 39 heavy (non-hydrogen) atoms. The average molecular weight is 537 g/mol. The maximum Gasteiger partial charge on any atom is 0.410 e. The average Bonchev–Trinajstić information content (AvgIpc) is 3.21. The zero-order chi connectivity index (χ0) is 28.0. The van der Waals surface area contributed by atoms with Crippen molar-refractivity contribution in [3.8, 4) is 0 Å². The number of amides is 1. The molecular formula is C32H38F2N2O3. The summed E-state index contributed by atoms with van der Waals surface area (Å²) in [5, 5.41) is 11.7. The quantitative estimate of drug-likeness (QED) is 0.326. The van der Waals surface area contributed by atoms with Crippen molar-refractivity contribution >= 4 is 6.09 Å². The molecule has 3 aromatic rings. The van der Waals surface area contributed by atoms with E-state index in [0.717, 1.165) is 16.0 Å². The van der Waals surface area contributed by atoms with E-state index in [1.807, 2.05) is 83.8 Å². The minimum Gasteiger partial charge on any atom is -0.444 e. The van der Waals surface area contributed by atoms with Crippen LogP contribution >= 0.6 is 0 Å². The van der Waals surface area contributed by atoms with Crippen molar-refractivity contribution in [3.63, 3.8) is 0 Å². The van der Waals surface area contributed by atoms with Crippen molar-refractivity contribution < 1.29 is 23.4 Å². The predicted molar refractivity (Wildman–Crippen MR) is 148 cm³/mol. The van der Waals surface area contributed by atoms with Gasteiger partial charge in [-0.25, -0.2) is 13.6 Å². The van der Waals surface area contributed by atoms with E-state index in [4.69, 9.17) is 4.74 Å². The highest BCUT2D eigenvalue weighted by Gasteiger charge is 2.53. The fraction of sp³-hybridized carbons (Fsp3) is 0.406. The van der Waals surface area contributed by atoms with Crippen LogP contribution in [0.25, 0.3) is 0 Å². The number of ether oxygens (including phenoxy) is 1. The van der Waals surface area contributed by atoms with E-state index in [1.54, 1.807) is 32.9 Å². The molecule has 7 heteroatoms. The third kappa shape index (κ3) is 7.64. The molecule has 1 saturated heterocycles. The molecule has 0 spiro atoms. The topological polar surface area (TPSA) is 53.0 Å². The van der Waals surface area contributed by atoms with E-state index < -0.39 is 42.2 Å². The molecule has 2 unspecified atom stereocenters. The van der Waals surface area contributed by atoms with E-state index >= 15 is 8.78 Å². The second-order valence-electron chi connectivity index (χ2n) is 11.2. The second kappa shape index (κ2) is 12.3. The first-order valence-corrected chi connectivity index (χ1v) is 13.5. The standard InChI is InChI=1S/C32H38F2N2O3/c1-31(2,3)39-30(38)36-20-19-32(33,34)28(36)21-27(29(37)26-17-11-6-12-18-26)35(22-24-13-7-4-8-14-24)23-25-15-9-5-10-16-25/h4-18,27-29,37H,19-23H2,1-3H3/t27?,28-,29?/m0/s1. The van der Waals surface area contributed by atoms with Crippen LogP contribution in [0.1, 0.15) is 56.4 Å². The summed E-state index contributed by atoms with van der Waals surface area (Å²) in [7, 11) is 0. The number of alkyl halides is 2. The molecule has 0 aromatic heterocycles. The minimum atomic E-state index is -3.11. The summed E-state index contributed by atoms with van der Waals surface area (Å²) in [6, 6.07) is 26.5. The van der Waals surface area contributed by atoms with Crippen LogP contribution in [0.15, 0.2) is 91.0 Å². The maximum absolute atomic E-state index is 15.4. The van der Waals surface area contributed by atoms with Gasteiger partial charge in [-0.2, -0.15) is 0 Å². The molecule has 1 aliphatic heterocycles. The molecule has 1 aliphatic rings. The van der Waals surface area contributed by atoms with Gasteiger partial charge in [0, 0.05) is 32.1 Å². The van der Waals surface area contributed by atoms with Crippen molar-refractivity contribution in [2.24, 2.45) is 0 Å². The Morgan fingerprint density at radius 2 is 1.44 bits per heavy atom. The van der Waals surface area contributed by atoms with Crippen LogP contribution in [0, 0.1) is 0 Å². The van der Waals surface area contributed by atoms with Crippen LogP contribution < -0.4 is 0 Å². The number of hydrogen-bond acceptors (Lipinski definition) is 4. The number of likely N-dealkylation sites (tertiary alicyclic amines) is 1. The lowest BCUT2D eigenvalue weighted by molar-refractivity contribution is -0.0630. The number of nitrogens with zero attached hydrogens (tertiary/aromatic N) is 2. The number of aliphatic hydroxyl groups excluding tert-OH is 1. The van der Waals surface area contributed by atoms with Crippen molar-refractivity contribution in [1.29, 1.82) is 0 Å². The van der Waals surface area contributed by atoms with Crippen molar-refractivity contribution in [2.45, 2.75) is 76.4 Å². The third-order valence-corrected chi connectivity index (χ3v) is 7.07. The van der Waals surface area contributed by atoms with E-state index in [0.29, 0.717) is 18.7 Å². The molecule has 1 heterocycles. The van der Waals surface area contributed by atoms with Gasteiger partial charge in [-0.15, -0.1) is 0 Å². The number of halogens is 2. The van der Waals surface area contributed by atoms with Crippen molar-refractivity contribution in [3.05, 3.63) is 108 Å². The first-order valence-electron chi connectivity index (χ1n) is 13.5. The van der Waals surface area contributed by atoms with E-state index in [9.17, 15) is 9.90 Å². The molecule has 0 saturated carbocycles. The Labute approximate surface area is 230 Å². The van der Waals surface area contributed by atoms with Gasteiger partial charge in [0.25, 0.3) is 5.92 Å². The first kappa shape index (κ1) is 28.7. The van der Waals surface area contributed by atoms with Gasteiger partial charge >= 0.3 is 6.09 Å². The van der Waals surface area contributed by atoms with Gasteiger partial charge in [0.05, 0.1) is 6.10 Å². The zero-order valence-corrected chi connectivity index (χ0v) is 22.8. The van der Waals surface area contributed by atoms with Crippen LogP contribution in [-0.2, 0) is 17.8 Å². The number of rotatable bonds is 9. The monoisotopic (exact) mass is 536 g/mol. The van der Waals surface area contributed by atoms with Crippen LogP contribution in [-0.4, -0.2) is 51.2 Å². The Kier molecular flexibility index (Phi) is 9.03.